The van der Waals surface area contributed by atoms with E-state index in [1.165, 1.54) is 31.2 Å². The first-order chi connectivity index (χ1) is 23.0. The fourth-order valence-electron chi connectivity index (χ4n) is 5.20. The van der Waals surface area contributed by atoms with Gasteiger partial charge in [0.2, 0.25) is 12.3 Å². The minimum Gasteiger partial charge on any atom is -0.463 e. The number of rotatable bonds is 11. The summed E-state index contributed by atoms with van der Waals surface area (Å²) in [6.45, 7) is 7.21. The number of halogens is 1. The van der Waals surface area contributed by atoms with E-state index in [9.17, 15) is 33.6 Å². The molecule has 49 heavy (non-hydrogen) atoms. The summed E-state index contributed by atoms with van der Waals surface area (Å²) in [5.74, 6) is -5.79. The zero-order valence-electron chi connectivity index (χ0n) is 27.7. The van der Waals surface area contributed by atoms with Gasteiger partial charge in [-0.25, -0.2) is 9.18 Å². The van der Waals surface area contributed by atoms with Crippen LogP contribution in [0.2, 0.25) is 0 Å². The fraction of sp³-hybridized carbons (Fsp3) is 0.581. The normalized spacial score (nSPS) is 29.4. The van der Waals surface area contributed by atoms with Gasteiger partial charge in [0.05, 0.1) is 11.7 Å². The molecule has 270 valence electrons. The van der Waals surface area contributed by atoms with Crippen molar-refractivity contribution < 1.29 is 80.6 Å². The van der Waals surface area contributed by atoms with Crippen LogP contribution in [0, 0.1) is 0 Å². The summed E-state index contributed by atoms with van der Waals surface area (Å²) in [4.78, 5) is 85.3. The molecule has 1 aromatic carbocycles. The van der Waals surface area contributed by atoms with Crippen molar-refractivity contribution in [3.8, 4) is 5.75 Å². The average molecular weight is 700 g/mol. The molecule has 2 aliphatic heterocycles. The van der Waals surface area contributed by atoms with Gasteiger partial charge in [-0.05, 0) is 25.1 Å². The highest BCUT2D eigenvalue weighted by molar-refractivity contribution is 5.90. The molecule has 0 aliphatic carbocycles. The number of hydrogen-bond acceptors (Lipinski definition) is 16. The summed E-state index contributed by atoms with van der Waals surface area (Å²) in [5, 5.41) is 2.50. The number of carbonyl (C=O) groups excluding carboxylic acids is 7. The van der Waals surface area contributed by atoms with Gasteiger partial charge in [-0.1, -0.05) is 6.07 Å². The molecule has 0 spiro atoms. The van der Waals surface area contributed by atoms with Crippen LogP contribution in [0.15, 0.2) is 24.3 Å². The van der Waals surface area contributed by atoms with Crippen molar-refractivity contribution in [1.82, 2.24) is 5.32 Å². The van der Waals surface area contributed by atoms with Gasteiger partial charge >= 0.3 is 35.8 Å². The fourth-order valence-corrected chi connectivity index (χ4v) is 5.20. The zero-order valence-corrected chi connectivity index (χ0v) is 27.7. The molecule has 0 saturated carbocycles. The number of amides is 1. The summed E-state index contributed by atoms with van der Waals surface area (Å²) in [6, 6.07) is 3.89. The maximum absolute atomic E-state index is 15.5. The Balaban J connectivity index is 2.09. The summed E-state index contributed by atoms with van der Waals surface area (Å²) >= 11 is 0. The van der Waals surface area contributed by atoms with E-state index in [0.717, 1.165) is 41.5 Å². The Kier molecular flexibility index (Phi) is 13.5. The summed E-state index contributed by atoms with van der Waals surface area (Å²) in [7, 11) is 0. The lowest BCUT2D eigenvalue weighted by molar-refractivity contribution is -0.331. The first kappa shape index (κ1) is 38.8. The largest absolute Gasteiger partial charge is 0.463 e. The number of nitrogens with one attached hydrogen (secondary N) is 1. The molecule has 10 unspecified atom stereocenters. The summed E-state index contributed by atoms with van der Waals surface area (Å²) < 4.78 is 64.8. The van der Waals surface area contributed by atoms with Crippen LogP contribution >= 0.6 is 0 Å². The third kappa shape index (κ3) is 10.9. The van der Waals surface area contributed by atoms with Crippen LogP contribution in [0.5, 0.6) is 5.75 Å². The Morgan fingerprint density at radius 1 is 0.735 bits per heavy atom. The molecule has 2 fully saturated rings. The minimum atomic E-state index is -2.33. The zero-order chi connectivity index (χ0) is 36.6. The quantitative estimate of drug-likeness (QED) is 0.192. The van der Waals surface area contributed by atoms with Gasteiger partial charge in [0.15, 0.2) is 30.7 Å². The summed E-state index contributed by atoms with van der Waals surface area (Å²) in [6.07, 6.45) is -14.9. The van der Waals surface area contributed by atoms with Crippen molar-refractivity contribution in [3.05, 3.63) is 29.8 Å². The van der Waals surface area contributed by atoms with Crippen LogP contribution in [0.1, 0.15) is 58.8 Å². The van der Waals surface area contributed by atoms with E-state index >= 15 is 4.39 Å². The SMILES string of the molecule is CC(=O)NC1C(OC2C(OC(=O)c3cccc(OC(C)=O)c3)C(C)OC(F)C2OC(C)=O)OC(COC(C)=O)C(OC(C)=O)C1OC(C)=O. The predicted octanol–water partition coefficient (Wildman–Crippen LogP) is 0.825. The van der Waals surface area contributed by atoms with Gasteiger partial charge in [-0.3, -0.25) is 28.8 Å². The van der Waals surface area contributed by atoms with Crippen LogP contribution in [0.4, 0.5) is 4.39 Å². The Labute approximate surface area is 279 Å². The highest BCUT2D eigenvalue weighted by Crippen LogP contribution is 2.34. The highest BCUT2D eigenvalue weighted by Gasteiger charge is 2.56. The molecule has 3 rings (SSSR count). The Hall–Kier alpha value is -4.68. The minimum absolute atomic E-state index is 0.0238. The second-order valence-corrected chi connectivity index (χ2v) is 11.1. The van der Waals surface area contributed by atoms with E-state index in [1.807, 2.05) is 0 Å². The van der Waals surface area contributed by atoms with Crippen LogP contribution < -0.4 is 10.1 Å². The molecule has 2 heterocycles. The molecule has 2 aliphatic rings. The van der Waals surface area contributed by atoms with E-state index in [2.05, 4.69) is 5.32 Å². The van der Waals surface area contributed by atoms with Gasteiger partial charge in [0, 0.05) is 41.5 Å². The first-order valence-corrected chi connectivity index (χ1v) is 15.0. The number of hydrogen-bond donors (Lipinski definition) is 1. The molecule has 0 bridgehead atoms. The number of alkyl halides is 1. The molecule has 2 saturated heterocycles. The third-order valence-electron chi connectivity index (χ3n) is 6.95. The van der Waals surface area contributed by atoms with E-state index in [-0.39, 0.29) is 11.3 Å². The number of benzene rings is 1. The van der Waals surface area contributed by atoms with Crippen LogP contribution in [-0.2, 0) is 66.7 Å². The monoisotopic (exact) mass is 699 g/mol. The first-order valence-electron chi connectivity index (χ1n) is 15.0. The topological polar surface area (TPSA) is 215 Å². The molecule has 1 amide bonds. The maximum atomic E-state index is 15.5. The smallest absolute Gasteiger partial charge is 0.338 e. The van der Waals surface area contributed by atoms with Gasteiger partial charge in [-0.15, -0.1) is 0 Å². The molecular formula is C31H38FNO16. The number of ether oxygens (including phenoxy) is 9. The van der Waals surface area contributed by atoms with Crippen molar-refractivity contribution in [2.45, 2.75) is 110 Å². The molecule has 1 N–H and O–H groups in total. The van der Waals surface area contributed by atoms with E-state index in [0.29, 0.717) is 0 Å². The van der Waals surface area contributed by atoms with E-state index in [4.69, 9.17) is 42.6 Å². The van der Waals surface area contributed by atoms with Crippen molar-refractivity contribution >= 4 is 41.7 Å². The maximum Gasteiger partial charge on any atom is 0.338 e. The standard InChI is InChI=1S/C31H38FNO16/c1-13-24(48-30(40)20-9-8-10-21(11-20)43-16(4)36)27(28(29(32)42-13)46-19(7)39)49-31-23(33-14(2)34)26(45-18(6)38)25(44-17(5)37)22(47-31)12-41-15(3)35/h8-11,13,22-29,31H,12H2,1-7H3,(H,33,34). The third-order valence-corrected chi connectivity index (χ3v) is 6.95. The van der Waals surface area contributed by atoms with Crippen molar-refractivity contribution in [1.29, 1.82) is 0 Å². The summed E-state index contributed by atoms with van der Waals surface area (Å²) in [5.41, 5.74) is -0.0956. The van der Waals surface area contributed by atoms with E-state index < -0.39 is 110 Å². The van der Waals surface area contributed by atoms with Crippen LogP contribution in [0.25, 0.3) is 0 Å². The van der Waals surface area contributed by atoms with Crippen molar-refractivity contribution in [3.63, 3.8) is 0 Å². The molecule has 17 nitrogen and oxygen atoms in total. The number of esters is 6. The van der Waals surface area contributed by atoms with Gasteiger partial charge < -0.3 is 47.9 Å². The molecule has 18 heteroatoms. The highest BCUT2D eigenvalue weighted by atomic mass is 19.1. The Morgan fingerprint density at radius 3 is 1.92 bits per heavy atom. The van der Waals surface area contributed by atoms with Gasteiger partial charge in [-0.2, -0.15) is 0 Å². The van der Waals surface area contributed by atoms with Gasteiger partial charge in [0.1, 0.15) is 30.6 Å². The second-order valence-electron chi connectivity index (χ2n) is 11.1. The molecular weight excluding hydrogens is 661 g/mol. The Morgan fingerprint density at radius 2 is 1.35 bits per heavy atom. The van der Waals surface area contributed by atoms with Crippen molar-refractivity contribution in [2.75, 3.05) is 6.61 Å². The van der Waals surface area contributed by atoms with Crippen LogP contribution in [-0.4, -0.2) is 110 Å². The van der Waals surface area contributed by atoms with Crippen molar-refractivity contribution in [2.24, 2.45) is 0 Å². The van der Waals surface area contributed by atoms with E-state index in [1.54, 1.807) is 0 Å². The molecule has 0 aromatic heterocycles. The average Bonchev–Trinajstić information content (AvgIpc) is 2.97. The second kappa shape index (κ2) is 17.1. The van der Waals surface area contributed by atoms with Gasteiger partial charge in [0.25, 0.3) is 0 Å². The number of carbonyl (C=O) groups is 7. The lowest BCUT2D eigenvalue weighted by Gasteiger charge is -2.48. The molecule has 1 aromatic rings. The molecule has 0 radical (unpaired) electrons. The molecule has 10 atom stereocenters. The predicted molar refractivity (Wildman–Crippen MR) is 157 cm³/mol. The van der Waals surface area contributed by atoms with Crippen LogP contribution in [0.3, 0.4) is 0 Å². The lowest BCUT2D eigenvalue weighted by Crippen LogP contribution is -2.69. The lowest BCUT2D eigenvalue weighted by atomic mass is 9.95. The Bertz CT molecular complexity index is 1420.